The van der Waals surface area contributed by atoms with Gasteiger partial charge in [-0.3, -0.25) is 24.1 Å². The maximum absolute atomic E-state index is 11.6. The summed E-state index contributed by atoms with van der Waals surface area (Å²) in [5.74, 6) is 0.108. The van der Waals surface area contributed by atoms with Crippen LogP contribution in [0.5, 0.6) is 28.7 Å². The highest BCUT2D eigenvalue weighted by atomic mass is 31.2. The Balaban J connectivity index is 0.000000553. The Morgan fingerprint density at radius 2 is 1.46 bits per heavy atom. The number of nitrogens with zero attached hydrogens (tertiary/aromatic N) is 1. The molecule has 1 atom stereocenters. The smallest absolute Gasteiger partial charge is 0.493 e. The van der Waals surface area contributed by atoms with E-state index in [0.717, 1.165) is 0 Å². The van der Waals surface area contributed by atoms with Crippen molar-refractivity contribution in [1.29, 1.82) is 0 Å². The summed E-state index contributed by atoms with van der Waals surface area (Å²) in [5, 5.41) is 0. The van der Waals surface area contributed by atoms with Gasteiger partial charge in [-0.1, -0.05) is 6.07 Å². The Labute approximate surface area is 235 Å². The minimum absolute atomic E-state index is 0.0531. The van der Waals surface area contributed by atoms with E-state index >= 15 is 0 Å². The molecule has 41 heavy (non-hydrogen) atoms. The lowest BCUT2D eigenvalue weighted by molar-refractivity contribution is 0.0999. The Bertz CT molecular complexity index is 1380. The molecule has 0 saturated carbocycles. The normalized spacial score (nSPS) is 11.9. The minimum Gasteiger partial charge on any atom is -0.493 e. The summed E-state index contributed by atoms with van der Waals surface area (Å²) in [7, 11) is -4.37. The van der Waals surface area contributed by atoms with E-state index < -0.39 is 27.7 Å². The van der Waals surface area contributed by atoms with Crippen molar-refractivity contribution >= 4 is 21.6 Å². The van der Waals surface area contributed by atoms with Gasteiger partial charge in [-0.2, -0.15) is 0 Å². The van der Waals surface area contributed by atoms with Crippen molar-refractivity contribution in [2.24, 2.45) is 5.73 Å². The molecule has 0 bridgehead atoms. The first-order valence-corrected chi connectivity index (χ1v) is 14.4. The number of hydrogen-bond donors (Lipinski definition) is 5. The van der Waals surface area contributed by atoms with Gasteiger partial charge in [-0.25, -0.2) is 9.13 Å². The molecule has 0 aliphatic rings. The highest BCUT2D eigenvalue weighted by Crippen LogP contribution is 2.48. The monoisotopic (exact) mass is 616 g/mol. The minimum atomic E-state index is -4.94. The highest BCUT2D eigenvalue weighted by Gasteiger charge is 2.28. The number of pyridine rings is 1. The van der Waals surface area contributed by atoms with E-state index in [1.165, 1.54) is 65.0 Å². The molecule has 0 radical (unpaired) electrons. The maximum atomic E-state index is 11.6. The number of aromatic nitrogens is 1. The third kappa shape index (κ3) is 10.7. The molecule has 17 heteroatoms. The first kappa shape index (κ1) is 33.5. The number of ether oxygens (including phenoxy) is 4. The molecule has 2 aromatic carbocycles. The number of phosphoric acid groups is 2. The molecule has 15 nitrogen and oxygen atoms in total. The summed E-state index contributed by atoms with van der Waals surface area (Å²) in [6, 6.07) is 10.4. The molecular formula is C24H30N2O13P2. The number of rotatable bonds is 12. The third-order valence-corrected chi connectivity index (χ3v) is 6.10. The standard InChI is InChI=1S/C18H24O12P2.C6H6N2O/c1-25-13-6-5-11(8-15(13)30-32(22,23)24)7-14(29-31(19,20)21)12-9-16(26-2)18(28-4)17(10-12)27-3;7-6(9)5-2-1-3-8-4-5/h5-6,8-10,14H,7H2,1-4H3,(H2,19,20,21)(H2,22,23,24);1-4H,(H2,7,9)/t14-;/m1./s1. The summed E-state index contributed by atoms with van der Waals surface area (Å²) >= 11 is 0. The third-order valence-electron chi connectivity index (χ3n) is 5.14. The van der Waals surface area contributed by atoms with E-state index in [1.54, 1.807) is 18.3 Å². The average Bonchev–Trinajstić information content (AvgIpc) is 2.91. The van der Waals surface area contributed by atoms with E-state index in [9.17, 15) is 23.7 Å². The molecule has 1 amide bonds. The van der Waals surface area contributed by atoms with Crippen LogP contribution in [-0.2, 0) is 20.1 Å². The molecule has 3 aromatic rings. The first-order chi connectivity index (χ1) is 19.2. The number of carbonyl (C=O) groups excluding carboxylic acids is 1. The SMILES string of the molecule is COc1ccc(C[C@@H](OP(=O)(O)O)c2cc(OC)c(OC)c(OC)c2)cc1OP(=O)(O)O.NC(=O)c1cccnc1. The van der Waals surface area contributed by atoms with Gasteiger partial charge in [0, 0.05) is 18.8 Å². The van der Waals surface area contributed by atoms with E-state index in [1.807, 2.05) is 0 Å². The van der Waals surface area contributed by atoms with E-state index in [-0.39, 0.29) is 40.7 Å². The van der Waals surface area contributed by atoms with Gasteiger partial charge in [0.15, 0.2) is 23.0 Å². The van der Waals surface area contributed by atoms with Gasteiger partial charge in [-0.15, -0.1) is 0 Å². The molecular weight excluding hydrogens is 586 g/mol. The molecule has 1 heterocycles. The zero-order chi connectivity index (χ0) is 30.8. The van der Waals surface area contributed by atoms with Crippen LogP contribution in [0.15, 0.2) is 54.9 Å². The van der Waals surface area contributed by atoms with Crippen molar-refractivity contribution in [2.75, 3.05) is 28.4 Å². The average molecular weight is 616 g/mol. The number of carbonyl (C=O) groups is 1. The largest absolute Gasteiger partial charge is 0.524 e. The number of hydrogen-bond acceptors (Lipinski definition) is 10. The second-order valence-electron chi connectivity index (χ2n) is 7.92. The maximum Gasteiger partial charge on any atom is 0.524 e. The molecule has 0 fully saturated rings. The van der Waals surface area contributed by atoms with Crippen molar-refractivity contribution < 1.29 is 61.5 Å². The van der Waals surface area contributed by atoms with Crippen LogP contribution in [0.3, 0.4) is 0 Å². The van der Waals surface area contributed by atoms with Gasteiger partial charge in [0.05, 0.1) is 40.1 Å². The fraction of sp³-hybridized carbons (Fsp3) is 0.250. The first-order valence-electron chi connectivity index (χ1n) is 11.4. The number of benzene rings is 2. The van der Waals surface area contributed by atoms with Gasteiger partial charge in [-0.05, 0) is 47.5 Å². The molecule has 1 aromatic heterocycles. The Morgan fingerprint density at radius 3 is 1.88 bits per heavy atom. The van der Waals surface area contributed by atoms with Crippen molar-refractivity contribution in [1.82, 2.24) is 4.98 Å². The summed E-state index contributed by atoms with van der Waals surface area (Å²) in [4.78, 5) is 51.2. The van der Waals surface area contributed by atoms with E-state index in [2.05, 4.69) is 9.51 Å². The molecule has 224 valence electrons. The second kappa shape index (κ2) is 14.8. The topological polar surface area (TPSA) is 226 Å². The summed E-state index contributed by atoms with van der Waals surface area (Å²) in [6.07, 6.45) is 1.70. The molecule has 0 spiro atoms. The quantitative estimate of drug-likeness (QED) is 0.185. The lowest BCUT2D eigenvalue weighted by Gasteiger charge is -2.22. The fourth-order valence-corrected chi connectivity index (χ4v) is 4.37. The second-order valence-corrected chi connectivity index (χ2v) is 10.3. The Hall–Kier alpha value is -3.68. The predicted octanol–water partition coefficient (Wildman–Crippen LogP) is 2.77. The number of primary amides is 1. The van der Waals surface area contributed by atoms with Gasteiger partial charge in [0.2, 0.25) is 11.7 Å². The van der Waals surface area contributed by atoms with Gasteiger partial charge < -0.3 is 39.0 Å². The molecule has 0 aliphatic carbocycles. The van der Waals surface area contributed by atoms with Gasteiger partial charge in [0.25, 0.3) is 0 Å². The van der Waals surface area contributed by atoms with Crippen molar-refractivity contribution in [3.05, 3.63) is 71.5 Å². The van der Waals surface area contributed by atoms with Crippen LogP contribution in [-0.4, -0.2) is 58.9 Å². The summed E-state index contributed by atoms with van der Waals surface area (Å²) in [5.41, 5.74) is 6.04. The van der Waals surface area contributed by atoms with Crippen LogP contribution in [0.2, 0.25) is 0 Å². The zero-order valence-electron chi connectivity index (χ0n) is 22.4. The summed E-state index contributed by atoms with van der Waals surface area (Å²) in [6.45, 7) is 0. The van der Waals surface area contributed by atoms with Crippen LogP contribution in [0, 0.1) is 0 Å². The van der Waals surface area contributed by atoms with Crippen LogP contribution >= 0.6 is 15.6 Å². The van der Waals surface area contributed by atoms with Crippen molar-refractivity contribution in [3.63, 3.8) is 0 Å². The number of methoxy groups -OCH3 is 4. The molecule has 0 unspecified atom stereocenters. The number of phosphoric ester groups is 2. The Morgan fingerprint density at radius 1 is 0.854 bits per heavy atom. The highest BCUT2D eigenvalue weighted by molar-refractivity contribution is 7.46. The predicted molar refractivity (Wildman–Crippen MR) is 144 cm³/mol. The molecule has 0 saturated heterocycles. The summed E-state index contributed by atoms with van der Waals surface area (Å²) < 4.78 is 53.4. The van der Waals surface area contributed by atoms with Gasteiger partial charge in [0.1, 0.15) is 0 Å². The lowest BCUT2D eigenvalue weighted by Crippen LogP contribution is -2.10. The van der Waals surface area contributed by atoms with Gasteiger partial charge >= 0.3 is 15.6 Å². The number of amides is 1. The van der Waals surface area contributed by atoms with Crippen LogP contribution in [0.4, 0.5) is 0 Å². The lowest BCUT2D eigenvalue weighted by atomic mass is 10.00. The van der Waals surface area contributed by atoms with Crippen molar-refractivity contribution in [2.45, 2.75) is 12.5 Å². The van der Waals surface area contributed by atoms with Crippen LogP contribution < -0.4 is 29.2 Å². The van der Waals surface area contributed by atoms with E-state index in [4.69, 9.17) is 39.0 Å². The Kier molecular flexibility index (Phi) is 12.1. The molecule has 6 N–H and O–H groups in total. The molecule has 0 aliphatic heterocycles. The molecule has 3 rings (SSSR count). The fourth-order valence-electron chi connectivity index (χ4n) is 3.44. The van der Waals surface area contributed by atoms with Crippen LogP contribution in [0.1, 0.15) is 27.6 Å². The van der Waals surface area contributed by atoms with Crippen LogP contribution in [0.25, 0.3) is 0 Å². The van der Waals surface area contributed by atoms with E-state index in [0.29, 0.717) is 11.1 Å². The van der Waals surface area contributed by atoms with Crippen molar-refractivity contribution in [3.8, 4) is 28.7 Å². The number of nitrogens with two attached hydrogens (primary N) is 1. The zero-order valence-corrected chi connectivity index (χ0v) is 24.2.